The summed E-state index contributed by atoms with van der Waals surface area (Å²) in [6.07, 6.45) is 5.64. The van der Waals surface area contributed by atoms with Crippen LogP contribution in [-0.2, 0) is 19.9 Å². The normalized spacial score (nSPS) is 10.8. The van der Waals surface area contributed by atoms with Gasteiger partial charge in [0.2, 0.25) is 5.95 Å². The molecule has 5 nitrogen and oxygen atoms in total. The Balaban J connectivity index is 1.77. The van der Waals surface area contributed by atoms with Gasteiger partial charge in [-0.2, -0.15) is 0 Å². The van der Waals surface area contributed by atoms with Crippen LogP contribution < -0.4 is 0 Å². The summed E-state index contributed by atoms with van der Waals surface area (Å²) in [4.78, 5) is 13.2. The molecule has 0 spiro atoms. The minimum Gasteiger partial charge on any atom is -0.337 e. The number of hydrogen-bond donors (Lipinski definition) is 0. The maximum absolute atomic E-state index is 4.75. The van der Waals surface area contributed by atoms with Crippen LogP contribution in [0, 0.1) is 0 Å². The number of benzene rings is 1. The molecule has 1 aromatic carbocycles. The fourth-order valence-electron chi connectivity index (χ4n) is 2.66. The highest BCUT2D eigenvalue weighted by Gasteiger charge is 2.10. The second-order valence-corrected chi connectivity index (χ2v) is 5.81. The van der Waals surface area contributed by atoms with Gasteiger partial charge in [0.15, 0.2) is 0 Å². The van der Waals surface area contributed by atoms with Crippen molar-refractivity contribution in [1.29, 1.82) is 0 Å². The molecular weight excluding hydrogens is 298 g/mol. The van der Waals surface area contributed by atoms with Crippen LogP contribution in [-0.4, -0.2) is 25.8 Å². The van der Waals surface area contributed by atoms with Gasteiger partial charge in [-0.3, -0.25) is 4.57 Å². The van der Waals surface area contributed by atoms with E-state index in [2.05, 4.69) is 46.2 Å². The minimum atomic E-state index is 0.585. The fourth-order valence-corrected chi connectivity index (χ4v) is 2.66. The number of aromatic nitrogens is 4. The molecule has 0 amide bonds. The van der Waals surface area contributed by atoms with Crippen molar-refractivity contribution in [3.63, 3.8) is 0 Å². The van der Waals surface area contributed by atoms with Crippen LogP contribution in [0.4, 0.5) is 5.95 Å². The maximum Gasteiger partial charge on any atom is 0.233 e. The summed E-state index contributed by atoms with van der Waals surface area (Å²) in [7, 11) is 2.03. The SMILES string of the molecule is C=Nc1nc(CCc2nc(-c3ccccc3)cn2C)cn1C(=C)C. The minimum absolute atomic E-state index is 0.585. The first-order chi connectivity index (χ1) is 11.6. The Hall–Kier alpha value is -2.95. The summed E-state index contributed by atoms with van der Waals surface area (Å²) < 4.78 is 3.93. The molecule has 0 radical (unpaired) electrons. The number of imidazole rings is 2. The molecule has 0 saturated carbocycles. The lowest BCUT2D eigenvalue weighted by Crippen LogP contribution is -2.00. The van der Waals surface area contributed by atoms with Gasteiger partial charge in [0.25, 0.3) is 0 Å². The zero-order valence-corrected chi connectivity index (χ0v) is 14.1. The highest BCUT2D eigenvalue weighted by Crippen LogP contribution is 2.20. The van der Waals surface area contributed by atoms with Crippen molar-refractivity contribution in [1.82, 2.24) is 19.1 Å². The van der Waals surface area contributed by atoms with E-state index in [0.29, 0.717) is 5.95 Å². The van der Waals surface area contributed by atoms with Gasteiger partial charge in [0.1, 0.15) is 5.82 Å². The van der Waals surface area contributed by atoms with E-state index in [-0.39, 0.29) is 0 Å². The summed E-state index contributed by atoms with van der Waals surface area (Å²) in [6.45, 7) is 9.42. The Morgan fingerprint density at radius 1 is 1.12 bits per heavy atom. The van der Waals surface area contributed by atoms with Crippen molar-refractivity contribution in [2.24, 2.45) is 12.0 Å². The van der Waals surface area contributed by atoms with E-state index in [4.69, 9.17) is 4.98 Å². The molecule has 0 N–H and O–H groups in total. The van der Waals surface area contributed by atoms with Gasteiger partial charge < -0.3 is 4.57 Å². The Morgan fingerprint density at radius 2 is 1.88 bits per heavy atom. The smallest absolute Gasteiger partial charge is 0.233 e. The number of allylic oxidation sites excluding steroid dienone is 1. The van der Waals surface area contributed by atoms with E-state index in [1.807, 2.05) is 42.9 Å². The molecule has 0 aliphatic heterocycles. The Kier molecular flexibility index (Phi) is 4.42. The average molecular weight is 319 g/mol. The molecule has 0 fully saturated rings. The third-order valence-corrected chi connectivity index (χ3v) is 3.94. The molecule has 0 unspecified atom stereocenters. The summed E-state index contributed by atoms with van der Waals surface area (Å²) in [5, 5.41) is 0. The zero-order chi connectivity index (χ0) is 17.1. The third kappa shape index (κ3) is 3.20. The van der Waals surface area contributed by atoms with Gasteiger partial charge in [0, 0.05) is 37.1 Å². The standard InChI is InChI=1S/C19H21N5/c1-14(2)24-12-16(21-19(24)20-3)10-11-18-22-17(13-23(18)4)15-8-6-5-7-9-15/h5-9,12-13H,1,3,10-11H2,2,4H3. The van der Waals surface area contributed by atoms with Gasteiger partial charge in [-0.05, 0) is 20.1 Å². The number of aliphatic imine (C=N–C) groups is 1. The Morgan fingerprint density at radius 3 is 2.50 bits per heavy atom. The topological polar surface area (TPSA) is 48.0 Å². The van der Waals surface area contributed by atoms with E-state index in [1.165, 1.54) is 0 Å². The predicted molar refractivity (Wildman–Crippen MR) is 98.5 cm³/mol. The molecule has 0 aliphatic rings. The zero-order valence-electron chi connectivity index (χ0n) is 14.1. The molecule has 122 valence electrons. The molecule has 0 bridgehead atoms. The van der Waals surface area contributed by atoms with Crippen molar-refractivity contribution < 1.29 is 0 Å². The van der Waals surface area contributed by atoms with Gasteiger partial charge in [-0.25, -0.2) is 15.0 Å². The first-order valence-electron chi connectivity index (χ1n) is 7.87. The number of hydrogen-bond acceptors (Lipinski definition) is 3. The molecule has 2 aromatic heterocycles. The molecule has 0 saturated heterocycles. The highest BCUT2D eigenvalue weighted by molar-refractivity contribution is 5.58. The molecule has 5 heteroatoms. The number of rotatable bonds is 6. The van der Waals surface area contributed by atoms with Crippen LogP contribution in [0.5, 0.6) is 0 Å². The van der Waals surface area contributed by atoms with Gasteiger partial charge in [0.05, 0.1) is 11.4 Å². The van der Waals surface area contributed by atoms with E-state index in [0.717, 1.165) is 41.3 Å². The van der Waals surface area contributed by atoms with Crippen LogP contribution in [0.1, 0.15) is 18.4 Å². The fraction of sp³-hybridized carbons (Fsp3) is 0.211. The van der Waals surface area contributed by atoms with Crippen LogP contribution in [0.15, 0.2) is 54.3 Å². The summed E-state index contributed by atoms with van der Waals surface area (Å²) in [5.41, 5.74) is 3.96. The van der Waals surface area contributed by atoms with Crippen LogP contribution in [0.25, 0.3) is 17.0 Å². The summed E-state index contributed by atoms with van der Waals surface area (Å²) >= 11 is 0. The average Bonchev–Trinajstić information content (AvgIpc) is 3.17. The second-order valence-electron chi connectivity index (χ2n) is 5.81. The van der Waals surface area contributed by atoms with Crippen molar-refractivity contribution in [2.45, 2.75) is 19.8 Å². The van der Waals surface area contributed by atoms with Gasteiger partial charge >= 0.3 is 0 Å². The predicted octanol–water partition coefficient (Wildman–Crippen LogP) is 3.89. The first kappa shape index (κ1) is 15.9. The Bertz CT molecular complexity index is 871. The van der Waals surface area contributed by atoms with Gasteiger partial charge in [-0.1, -0.05) is 36.9 Å². The molecule has 0 atom stereocenters. The van der Waals surface area contributed by atoms with E-state index in [1.54, 1.807) is 0 Å². The van der Waals surface area contributed by atoms with E-state index in [9.17, 15) is 0 Å². The maximum atomic E-state index is 4.75. The molecule has 24 heavy (non-hydrogen) atoms. The first-order valence-corrected chi connectivity index (χ1v) is 7.87. The van der Waals surface area contributed by atoms with Gasteiger partial charge in [-0.15, -0.1) is 0 Å². The van der Waals surface area contributed by atoms with Crippen LogP contribution >= 0.6 is 0 Å². The van der Waals surface area contributed by atoms with Crippen molar-refractivity contribution in [3.05, 3.63) is 60.8 Å². The largest absolute Gasteiger partial charge is 0.337 e. The van der Waals surface area contributed by atoms with E-state index >= 15 is 0 Å². The van der Waals surface area contributed by atoms with Crippen molar-refractivity contribution >= 4 is 18.4 Å². The third-order valence-electron chi connectivity index (χ3n) is 3.94. The quantitative estimate of drug-likeness (QED) is 0.647. The highest BCUT2D eigenvalue weighted by atomic mass is 15.2. The molecule has 3 rings (SSSR count). The number of aryl methyl sites for hydroxylation is 3. The summed E-state index contributed by atoms with van der Waals surface area (Å²) in [6, 6.07) is 10.2. The number of nitrogens with zero attached hydrogens (tertiary/aromatic N) is 5. The van der Waals surface area contributed by atoms with Crippen LogP contribution in [0.3, 0.4) is 0 Å². The van der Waals surface area contributed by atoms with Crippen LogP contribution in [0.2, 0.25) is 0 Å². The van der Waals surface area contributed by atoms with Crippen molar-refractivity contribution in [2.75, 3.05) is 0 Å². The lowest BCUT2D eigenvalue weighted by molar-refractivity contribution is 0.764. The van der Waals surface area contributed by atoms with Crippen molar-refractivity contribution in [3.8, 4) is 11.3 Å². The lowest BCUT2D eigenvalue weighted by Gasteiger charge is -2.00. The second kappa shape index (κ2) is 6.66. The molecule has 3 aromatic rings. The molecule has 0 aliphatic carbocycles. The molecular formula is C19H21N5. The summed E-state index contributed by atoms with van der Waals surface area (Å²) in [5.74, 6) is 1.62. The molecule has 2 heterocycles. The monoisotopic (exact) mass is 319 g/mol. The van der Waals surface area contributed by atoms with E-state index < -0.39 is 0 Å². The lowest BCUT2D eigenvalue weighted by atomic mass is 10.2. The Labute approximate surface area is 142 Å².